The fraction of sp³-hybridized carbons (Fsp3) is 0.421. The highest BCUT2D eigenvalue weighted by Gasteiger charge is 2.34. The largest absolute Gasteiger partial charge is 0.356 e. The van der Waals surface area contributed by atoms with Gasteiger partial charge in [0.25, 0.3) is 0 Å². The highest BCUT2D eigenvalue weighted by molar-refractivity contribution is 7.88. The average molecular weight is 430 g/mol. The Bertz CT molecular complexity index is 1200. The van der Waals surface area contributed by atoms with Gasteiger partial charge in [-0.1, -0.05) is 17.3 Å². The number of sulfonamides is 1. The lowest BCUT2D eigenvalue weighted by Gasteiger charge is -2.16. The number of urea groups is 1. The Kier molecular flexibility index (Phi) is 4.51. The van der Waals surface area contributed by atoms with E-state index in [4.69, 9.17) is 4.52 Å². The fourth-order valence-electron chi connectivity index (χ4n) is 4.04. The number of fused-ring (bicyclic) bond motifs is 1. The van der Waals surface area contributed by atoms with Gasteiger partial charge >= 0.3 is 6.03 Å². The van der Waals surface area contributed by atoms with E-state index in [-0.39, 0.29) is 17.8 Å². The van der Waals surface area contributed by atoms with Crippen molar-refractivity contribution in [1.29, 1.82) is 0 Å². The average Bonchev–Trinajstić information content (AvgIpc) is 3.50. The number of hydrogen-bond donors (Lipinski definition) is 0. The maximum atomic E-state index is 13.0. The predicted octanol–water partition coefficient (Wildman–Crippen LogP) is 1.67. The minimum atomic E-state index is -3.54. The minimum Gasteiger partial charge on any atom is -0.356 e. The zero-order valence-electron chi connectivity index (χ0n) is 16.5. The molecule has 5 rings (SSSR count). The lowest BCUT2D eigenvalue weighted by molar-refractivity contribution is 0.229. The summed E-state index contributed by atoms with van der Waals surface area (Å²) in [5.41, 5.74) is 1.74. The Morgan fingerprint density at radius 2 is 2.03 bits per heavy atom. The monoisotopic (exact) mass is 430 g/mol. The molecule has 1 atom stereocenters. The molecule has 158 valence electrons. The van der Waals surface area contributed by atoms with Crippen LogP contribution in [0.3, 0.4) is 0 Å². The van der Waals surface area contributed by atoms with E-state index in [0.29, 0.717) is 49.3 Å². The molecule has 4 heterocycles. The van der Waals surface area contributed by atoms with Gasteiger partial charge in [0.15, 0.2) is 5.58 Å². The SMILES string of the molecule is CN1CCN(c2cnn(C3CCN(S(=O)(=O)Cc4noc5ccccc45)C3)c2)C1=O. The van der Waals surface area contributed by atoms with Crippen molar-refractivity contribution >= 4 is 32.7 Å². The normalized spacial score (nSPS) is 20.7. The molecule has 2 aliphatic rings. The highest BCUT2D eigenvalue weighted by atomic mass is 32.2. The molecule has 2 fully saturated rings. The summed E-state index contributed by atoms with van der Waals surface area (Å²) >= 11 is 0. The zero-order chi connectivity index (χ0) is 20.9. The van der Waals surface area contributed by atoms with Crippen LogP contribution < -0.4 is 4.90 Å². The number of hydrogen-bond acceptors (Lipinski definition) is 6. The van der Waals surface area contributed by atoms with Gasteiger partial charge in [-0.3, -0.25) is 9.58 Å². The molecule has 0 aliphatic carbocycles. The number of aromatic nitrogens is 3. The topological polar surface area (TPSA) is 105 Å². The Labute approximate surface area is 173 Å². The summed E-state index contributed by atoms with van der Waals surface area (Å²) in [7, 11) is -1.77. The summed E-state index contributed by atoms with van der Waals surface area (Å²) in [6.07, 6.45) is 4.15. The first-order valence-electron chi connectivity index (χ1n) is 9.80. The van der Waals surface area contributed by atoms with Crippen LogP contribution in [0.4, 0.5) is 10.5 Å². The van der Waals surface area contributed by atoms with Gasteiger partial charge < -0.3 is 9.42 Å². The van der Waals surface area contributed by atoms with Gasteiger partial charge in [-0.2, -0.15) is 9.40 Å². The number of amides is 2. The number of para-hydroxylation sites is 1. The first kappa shape index (κ1) is 19.1. The predicted molar refractivity (Wildman–Crippen MR) is 109 cm³/mol. The molecule has 0 bridgehead atoms. The summed E-state index contributed by atoms with van der Waals surface area (Å²) in [6, 6.07) is 7.11. The molecule has 3 aromatic rings. The van der Waals surface area contributed by atoms with Crippen molar-refractivity contribution in [3.63, 3.8) is 0 Å². The minimum absolute atomic E-state index is 0.0509. The first-order valence-corrected chi connectivity index (χ1v) is 11.4. The zero-order valence-corrected chi connectivity index (χ0v) is 17.3. The molecule has 1 aromatic carbocycles. The van der Waals surface area contributed by atoms with Crippen LogP contribution in [0, 0.1) is 0 Å². The number of rotatable bonds is 5. The van der Waals surface area contributed by atoms with Crippen molar-refractivity contribution < 1.29 is 17.7 Å². The Balaban J connectivity index is 1.29. The standard InChI is InChI=1S/C19H22N6O4S/c1-22-8-9-24(19(22)26)15-10-20-25(12-15)14-6-7-23(11-14)30(27,28)13-17-16-4-2-3-5-18(16)29-21-17/h2-5,10,12,14H,6-9,11,13H2,1H3. The molecule has 1 unspecified atom stereocenters. The number of benzene rings is 1. The number of nitrogens with zero attached hydrogens (tertiary/aromatic N) is 6. The molecule has 30 heavy (non-hydrogen) atoms. The van der Waals surface area contributed by atoms with E-state index < -0.39 is 10.0 Å². The molecule has 0 spiro atoms. The van der Waals surface area contributed by atoms with Gasteiger partial charge in [0.1, 0.15) is 11.4 Å². The summed E-state index contributed by atoms with van der Waals surface area (Å²) < 4.78 is 34.4. The summed E-state index contributed by atoms with van der Waals surface area (Å²) in [6.45, 7) is 2.06. The fourth-order valence-corrected chi connectivity index (χ4v) is 5.56. The van der Waals surface area contributed by atoms with E-state index in [2.05, 4.69) is 10.3 Å². The van der Waals surface area contributed by atoms with Crippen LogP contribution in [0.25, 0.3) is 11.0 Å². The van der Waals surface area contributed by atoms with Gasteiger partial charge in [0, 0.05) is 44.8 Å². The smallest absolute Gasteiger partial charge is 0.324 e. The lowest BCUT2D eigenvalue weighted by atomic mass is 10.2. The summed E-state index contributed by atoms with van der Waals surface area (Å²) in [4.78, 5) is 15.5. The van der Waals surface area contributed by atoms with Crippen LogP contribution in [0.15, 0.2) is 41.2 Å². The second kappa shape index (κ2) is 7.10. The summed E-state index contributed by atoms with van der Waals surface area (Å²) in [5, 5.41) is 9.06. The number of carbonyl (C=O) groups is 1. The number of carbonyl (C=O) groups excluding carboxylic acids is 1. The second-order valence-electron chi connectivity index (χ2n) is 7.72. The van der Waals surface area contributed by atoms with Crippen LogP contribution in [0.5, 0.6) is 0 Å². The van der Waals surface area contributed by atoms with Crippen molar-refractivity contribution in [3.8, 4) is 0 Å². The van der Waals surface area contributed by atoms with Gasteiger partial charge in [0.2, 0.25) is 10.0 Å². The molecule has 0 saturated carbocycles. The quantitative estimate of drug-likeness (QED) is 0.610. The van der Waals surface area contributed by atoms with Gasteiger partial charge in [0.05, 0.1) is 17.9 Å². The van der Waals surface area contributed by atoms with E-state index in [0.717, 1.165) is 5.69 Å². The van der Waals surface area contributed by atoms with E-state index in [1.54, 1.807) is 33.8 Å². The molecule has 2 aromatic heterocycles. The van der Waals surface area contributed by atoms with Crippen LogP contribution in [-0.4, -0.2) is 71.8 Å². The van der Waals surface area contributed by atoms with Crippen molar-refractivity contribution in [2.45, 2.75) is 18.2 Å². The highest BCUT2D eigenvalue weighted by Crippen LogP contribution is 2.28. The van der Waals surface area contributed by atoms with Gasteiger partial charge in [-0.15, -0.1) is 0 Å². The molecule has 2 saturated heterocycles. The van der Waals surface area contributed by atoms with E-state index in [1.165, 1.54) is 4.31 Å². The van der Waals surface area contributed by atoms with Crippen molar-refractivity contribution in [1.82, 2.24) is 24.1 Å². The molecule has 11 heteroatoms. The lowest BCUT2D eigenvalue weighted by Crippen LogP contribution is -2.30. The van der Waals surface area contributed by atoms with E-state index in [1.807, 2.05) is 24.4 Å². The molecule has 10 nitrogen and oxygen atoms in total. The molecular formula is C19H22N6O4S. The van der Waals surface area contributed by atoms with Crippen LogP contribution in [0.1, 0.15) is 18.2 Å². The Morgan fingerprint density at radius 3 is 2.83 bits per heavy atom. The van der Waals surface area contributed by atoms with Crippen LogP contribution in [0.2, 0.25) is 0 Å². The molecule has 2 amide bonds. The Morgan fingerprint density at radius 1 is 1.20 bits per heavy atom. The number of anilines is 1. The first-order chi connectivity index (χ1) is 14.4. The number of likely N-dealkylation sites (N-methyl/N-ethyl adjacent to an activating group) is 1. The van der Waals surface area contributed by atoms with Gasteiger partial charge in [-0.25, -0.2) is 13.2 Å². The maximum Gasteiger partial charge on any atom is 0.324 e. The molecule has 0 N–H and O–H groups in total. The van der Waals surface area contributed by atoms with E-state index >= 15 is 0 Å². The summed E-state index contributed by atoms with van der Waals surface area (Å²) in [5.74, 6) is -0.199. The Hall–Kier alpha value is -2.92. The van der Waals surface area contributed by atoms with E-state index in [9.17, 15) is 13.2 Å². The van der Waals surface area contributed by atoms with Crippen molar-refractivity contribution in [3.05, 3.63) is 42.4 Å². The maximum absolute atomic E-state index is 13.0. The molecule has 2 aliphatic heterocycles. The van der Waals surface area contributed by atoms with Crippen molar-refractivity contribution in [2.24, 2.45) is 0 Å². The third kappa shape index (κ3) is 3.23. The van der Waals surface area contributed by atoms with Crippen LogP contribution in [-0.2, 0) is 15.8 Å². The molecular weight excluding hydrogens is 408 g/mol. The van der Waals surface area contributed by atoms with Crippen LogP contribution >= 0.6 is 0 Å². The van der Waals surface area contributed by atoms with Crippen molar-refractivity contribution in [2.75, 3.05) is 38.1 Å². The third-order valence-electron chi connectivity index (χ3n) is 5.78. The molecule has 0 radical (unpaired) electrons. The third-order valence-corrected chi connectivity index (χ3v) is 7.54. The van der Waals surface area contributed by atoms with Gasteiger partial charge in [-0.05, 0) is 18.6 Å². The second-order valence-corrected chi connectivity index (χ2v) is 9.69.